The summed E-state index contributed by atoms with van der Waals surface area (Å²) < 4.78 is 4.53. The minimum absolute atomic E-state index is 0.245. The van der Waals surface area contributed by atoms with Gasteiger partial charge in [-0.1, -0.05) is 12.8 Å². The molecule has 0 heterocycles. The average Bonchev–Trinajstić information content (AvgIpc) is 2.88. The van der Waals surface area contributed by atoms with Gasteiger partial charge in [-0.15, -0.1) is 0 Å². The number of esters is 1. The molecule has 0 aliphatic heterocycles. The molecule has 1 saturated carbocycles. The quantitative estimate of drug-likeness (QED) is 0.511. The van der Waals surface area contributed by atoms with Gasteiger partial charge in [0.1, 0.15) is 0 Å². The maximum Gasteiger partial charge on any atom is 0.396 e. The lowest BCUT2D eigenvalue weighted by Gasteiger charge is -2.02. The summed E-state index contributed by atoms with van der Waals surface area (Å²) in [6.45, 7) is 2.51. The van der Waals surface area contributed by atoms with Crippen molar-refractivity contribution in [2.45, 2.75) is 26.2 Å². The highest BCUT2D eigenvalue weighted by Gasteiger charge is 2.21. The van der Waals surface area contributed by atoms with E-state index in [4.69, 9.17) is 0 Å². The van der Waals surface area contributed by atoms with E-state index in [9.17, 15) is 9.59 Å². The molecule has 0 atom stereocenters. The molecule has 0 bridgehead atoms. The van der Waals surface area contributed by atoms with Crippen LogP contribution < -0.4 is 5.32 Å². The van der Waals surface area contributed by atoms with E-state index in [1.807, 2.05) is 0 Å². The molecular weight excluding hydrogens is 170 g/mol. The van der Waals surface area contributed by atoms with Crippen molar-refractivity contribution in [3.63, 3.8) is 0 Å². The van der Waals surface area contributed by atoms with Crippen molar-refractivity contribution >= 4 is 11.9 Å². The molecule has 0 unspecified atom stereocenters. The van der Waals surface area contributed by atoms with Gasteiger partial charge in [0.25, 0.3) is 0 Å². The van der Waals surface area contributed by atoms with Crippen LogP contribution in [0.1, 0.15) is 26.2 Å². The van der Waals surface area contributed by atoms with Crippen LogP contribution in [0, 0.1) is 5.92 Å². The van der Waals surface area contributed by atoms with Crippen molar-refractivity contribution in [1.29, 1.82) is 0 Å². The number of ether oxygens (including phenoxy) is 1. The van der Waals surface area contributed by atoms with Gasteiger partial charge in [0, 0.05) is 6.54 Å². The Kier molecular flexibility index (Phi) is 3.73. The summed E-state index contributed by atoms with van der Waals surface area (Å²) >= 11 is 0. The van der Waals surface area contributed by atoms with E-state index in [-0.39, 0.29) is 6.61 Å². The van der Waals surface area contributed by atoms with Crippen LogP contribution in [-0.4, -0.2) is 25.0 Å². The first-order valence-corrected chi connectivity index (χ1v) is 4.69. The maximum absolute atomic E-state index is 10.9. The standard InChI is InChI=1S/C9H15NO3/c1-2-13-9(12)8(11)10-6-5-7-3-4-7/h7H,2-6H2,1H3,(H,10,11). The van der Waals surface area contributed by atoms with Crippen molar-refractivity contribution in [3.8, 4) is 0 Å². The summed E-state index contributed by atoms with van der Waals surface area (Å²) in [6, 6.07) is 0. The summed E-state index contributed by atoms with van der Waals surface area (Å²) in [5.41, 5.74) is 0. The Morgan fingerprint density at radius 2 is 2.15 bits per heavy atom. The zero-order chi connectivity index (χ0) is 9.68. The predicted octanol–water partition coefficient (Wildman–Crippen LogP) is 0.466. The van der Waals surface area contributed by atoms with Gasteiger partial charge >= 0.3 is 11.9 Å². The fourth-order valence-electron chi connectivity index (χ4n) is 1.07. The Morgan fingerprint density at radius 1 is 1.46 bits per heavy atom. The van der Waals surface area contributed by atoms with Crippen LogP contribution in [0.25, 0.3) is 0 Å². The van der Waals surface area contributed by atoms with Gasteiger partial charge < -0.3 is 10.1 Å². The van der Waals surface area contributed by atoms with Crippen molar-refractivity contribution in [1.82, 2.24) is 5.32 Å². The monoisotopic (exact) mass is 185 g/mol. The Hall–Kier alpha value is -1.06. The number of hydrogen-bond acceptors (Lipinski definition) is 3. The number of carbonyl (C=O) groups is 2. The number of nitrogens with one attached hydrogen (secondary N) is 1. The van der Waals surface area contributed by atoms with Gasteiger partial charge in [-0.3, -0.25) is 4.79 Å². The van der Waals surface area contributed by atoms with Crippen LogP contribution in [0.4, 0.5) is 0 Å². The summed E-state index contributed by atoms with van der Waals surface area (Å²) in [7, 11) is 0. The Bertz CT molecular complexity index is 199. The molecule has 74 valence electrons. The third-order valence-corrected chi connectivity index (χ3v) is 2.00. The van der Waals surface area contributed by atoms with Crippen LogP contribution in [0.15, 0.2) is 0 Å². The minimum atomic E-state index is -0.779. The molecule has 0 aromatic heterocycles. The molecule has 0 spiro atoms. The summed E-state index contributed by atoms with van der Waals surface area (Å²) in [4.78, 5) is 21.7. The molecule has 1 rings (SSSR count). The molecule has 1 aliphatic rings. The molecule has 0 aromatic rings. The zero-order valence-corrected chi connectivity index (χ0v) is 7.84. The third kappa shape index (κ3) is 3.92. The highest BCUT2D eigenvalue weighted by molar-refractivity contribution is 6.32. The minimum Gasteiger partial charge on any atom is -0.459 e. The molecule has 13 heavy (non-hydrogen) atoms. The van der Waals surface area contributed by atoms with E-state index in [0.717, 1.165) is 12.3 Å². The molecule has 4 nitrogen and oxygen atoms in total. The van der Waals surface area contributed by atoms with Crippen molar-refractivity contribution < 1.29 is 14.3 Å². The van der Waals surface area contributed by atoms with E-state index in [2.05, 4.69) is 10.1 Å². The van der Waals surface area contributed by atoms with Crippen molar-refractivity contribution in [2.24, 2.45) is 5.92 Å². The van der Waals surface area contributed by atoms with Crippen LogP contribution in [0.5, 0.6) is 0 Å². The number of rotatable bonds is 4. The SMILES string of the molecule is CCOC(=O)C(=O)NCCC1CC1. The number of amides is 1. The molecule has 1 N–H and O–H groups in total. The van der Waals surface area contributed by atoms with E-state index in [1.165, 1.54) is 12.8 Å². The molecular formula is C9H15NO3. The Balaban J connectivity index is 2.04. The normalized spacial score (nSPS) is 15.2. The molecule has 0 radical (unpaired) electrons. The topological polar surface area (TPSA) is 55.4 Å². The molecule has 1 aliphatic carbocycles. The lowest BCUT2D eigenvalue weighted by molar-refractivity contribution is -0.154. The van der Waals surface area contributed by atoms with Crippen LogP contribution >= 0.6 is 0 Å². The zero-order valence-electron chi connectivity index (χ0n) is 7.84. The molecule has 0 saturated heterocycles. The van der Waals surface area contributed by atoms with Crippen LogP contribution in [0.2, 0.25) is 0 Å². The molecule has 0 aromatic carbocycles. The Labute approximate surface area is 77.6 Å². The van der Waals surface area contributed by atoms with Gasteiger partial charge in [-0.25, -0.2) is 4.79 Å². The van der Waals surface area contributed by atoms with Gasteiger partial charge in [-0.05, 0) is 19.3 Å². The van der Waals surface area contributed by atoms with Gasteiger partial charge in [0.2, 0.25) is 0 Å². The van der Waals surface area contributed by atoms with E-state index in [0.29, 0.717) is 6.54 Å². The second-order valence-electron chi connectivity index (χ2n) is 3.21. The fourth-order valence-corrected chi connectivity index (χ4v) is 1.07. The smallest absolute Gasteiger partial charge is 0.396 e. The highest BCUT2D eigenvalue weighted by atomic mass is 16.5. The van der Waals surface area contributed by atoms with Gasteiger partial charge in [-0.2, -0.15) is 0 Å². The predicted molar refractivity (Wildman–Crippen MR) is 47.0 cm³/mol. The first-order chi connectivity index (χ1) is 6.24. The first-order valence-electron chi connectivity index (χ1n) is 4.69. The summed E-state index contributed by atoms with van der Waals surface area (Å²) in [6.07, 6.45) is 3.50. The number of carbonyl (C=O) groups excluding carboxylic acids is 2. The summed E-state index contributed by atoms with van der Waals surface area (Å²) in [5.74, 6) is -0.636. The molecule has 4 heteroatoms. The van der Waals surface area contributed by atoms with E-state index < -0.39 is 11.9 Å². The molecule has 1 amide bonds. The number of hydrogen-bond donors (Lipinski definition) is 1. The lowest BCUT2D eigenvalue weighted by Crippen LogP contribution is -2.33. The highest BCUT2D eigenvalue weighted by Crippen LogP contribution is 2.31. The van der Waals surface area contributed by atoms with Crippen molar-refractivity contribution in [3.05, 3.63) is 0 Å². The average molecular weight is 185 g/mol. The summed E-state index contributed by atoms with van der Waals surface area (Å²) in [5, 5.41) is 2.53. The first kappa shape index (κ1) is 10.0. The van der Waals surface area contributed by atoms with Gasteiger partial charge in [0.15, 0.2) is 0 Å². The van der Waals surface area contributed by atoms with E-state index >= 15 is 0 Å². The fraction of sp³-hybridized carbons (Fsp3) is 0.778. The second kappa shape index (κ2) is 4.84. The van der Waals surface area contributed by atoms with Crippen LogP contribution in [0.3, 0.4) is 0 Å². The van der Waals surface area contributed by atoms with Gasteiger partial charge in [0.05, 0.1) is 6.61 Å². The Morgan fingerprint density at radius 3 is 2.69 bits per heavy atom. The second-order valence-corrected chi connectivity index (χ2v) is 3.21. The maximum atomic E-state index is 10.9. The molecule has 1 fully saturated rings. The van der Waals surface area contributed by atoms with Crippen LogP contribution in [-0.2, 0) is 14.3 Å². The lowest BCUT2D eigenvalue weighted by atomic mass is 10.3. The van der Waals surface area contributed by atoms with E-state index in [1.54, 1.807) is 6.92 Å². The third-order valence-electron chi connectivity index (χ3n) is 2.00. The largest absolute Gasteiger partial charge is 0.459 e. The van der Waals surface area contributed by atoms with Crippen molar-refractivity contribution in [2.75, 3.05) is 13.2 Å².